The first-order valence-electron chi connectivity index (χ1n) is 13.0. The second-order valence-corrected chi connectivity index (χ2v) is 9.68. The zero-order valence-electron chi connectivity index (χ0n) is 21.2. The van der Waals surface area contributed by atoms with Gasteiger partial charge in [0.15, 0.2) is 0 Å². The van der Waals surface area contributed by atoms with Crippen molar-refractivity contribution in [2.45, 2.75) is 38.5 Å². The zero-order valence-corrected chi connectivity index (χ0v) is 21.2. The van der Waals surface area contributed by atoms with E-state index in [0.717, 1.165) is 57.5 Å². The summed E-state index contributed by atoms with van der Waals surface area (Å²) < 4.78 is 5.60. The molecule has 0 spiro atoms. The minimum absolute atomic E-state index is 0.103. The van der Waals surface area contributed by atoms with Crippen LogP contribution in [-0.4, -0.2) is 50.2 Å². The molecule has 4 nitrogen and oxygen atoms in total. The number of piperazine rings is 1. The molecule has 35 heavy (non-hydrogen) atoms. The van der Waals surface area contributed by atoms with Crippen LogP contribution in [0.1, 0.15) is 38.7 Å². The van der Waals surface area contributed by atoms with Gasteiger partial charge in [-0.1, -0.05) is 79.7 Å². The van der Waals surface area contributed by atoms with Crippen molar-refractivity contribution >= 4 is 11.7 Å². The van der Waals surface area contributed by atoms with Crippen LogP contribution in [0.3, 0.4) is 0 Å². The standard InChI is InChI=1S/C31H38N2O2/c1-3-24-35-30(34)31(2,28-15-8-5-9-16-28)18-11-19-32-20-22-33(23-21-32)29-17-10-14-27(25-29)26-12-6-4-7-13-26/h4-10,12-17,25H,3,11,18-24H2,1-2H3. The quantitative estimate of drug-likeness (QED) is 0.332. The Hall–Kier alpha value is -3.11. The molecule has 1 saturated heterocycles. The molecule has 1 unspecified atom stereocenters. The molecular formula is C31H38N2O2. The van der Waals surface area contributed by atoms with Gasteiger partial charge in [-0.05, 0) is 61.6 Å². The zero-order chi connectivity index (χ0) is 24.5. The summed E-state index contributed by atoms with van der Waals surface area (Å²) in [4.78, 5) is 18.0. The largest absolute Gasteiger partial charge is 0.465 e. The van der Waals surface area contributed by atoms with Crippen molar-refractivity contribution in [3.8, 4) is 11.1 Å². The highest BCUT2D eigenvalue weighted by Crippen LogP contribution is 2.31. The number of benzene rings is 3. The first-order chi connectivity index (χ1) is 17.1. The molecule has 0 amide bonds. The van der Waals surface area contributed by atoms with Gasteiger partial charge in [0.25, 0.3) is 0 Å². The highest BCUT2D eigenvalue weighted by Gasteiger charge is 2.36. The summed E-state index contributed by atoms with van der Waals surface area (Å²) in [6.07, 6.45) is 2.60. The van der Waals surface area contributed by atoms with E-state index >= 15 is 0 Å². The van der Waals surface area contributed by atoms with Gasteiger partial charge >= 0.3 is 5.97 Å². The summed E-state index contributed by atoms with van der Waals surface area (Å²) in [5.41, 5.74) is 4.26. The third kappa shape index (κ3) is 6.32. The summed E-state index contributed by atoms with van der Waals surface area (Å²) in [7, 11) is 0. The van der Waals surface area contributed by atoms with Gasteiger partial charge < -0.3 is 9.64 Å². The van der Waals surface area contributed by atoms with Crippen molar-refractivity contribution in [3.05, 3.63) is 90.5 Å². The lowest BCUT2D eigenvalue weighted by atomic mass is 9.78. The van der Waals surface area contributed by atoms with E-state index in [2.05, 4.69) is 76.5 Å². The van der Waals surface area contributed by atoms with Crippen LogP contribution < -0.4 is 4.90 Å². The van der Waals surface area contributed by atoms with Gasteiger partial charge in [-0.3, -0.25) is 9.69 Å². The number of anilines is 1. The van der Waals surface area contributed by atoms with Gasteiger partial charge in [0.2, 0.25) is 0 Å². The molecule has 1 fully saturated rings. The number of carbonyl (C=O) groups excluding carboxylic acids is 1. The maximum absolute atomic E-state index is 13.0. The Morgan fingerprint density at radius 2 is 1.51 bits per heavy atom. The van der Waals surface area contributed by atoms with Gasteiger partial charge in [0.1, 0.15) is 0 Å². The molecule has 4 heteroatoms. The van der Waals surface area contributed by atoms with Gasteiger partial charge in [0.05, 0.1) is 12.0 Å². The molecule has 1 heterocycles. The van der Waals surface area contributed by atoms with E-state index in [0.29, 0.717) is 6.61 Å². The molecule has 3 aromatic rings. The molecule has 3 aromatic carbocycles. The molecular weight excluding hydrogens is 432 g/mol. The lowest BCUT2D eigenvalue weighted by molar-refractivity contribution is -0.150. The molecule has 0 saturated carbocycles. The highest BCUT2D eigenvalue weighted by atomic mass is 16.5. The Morgan fingerprint density at radius 3 is 2.20 bits per heavy atom. The van der Waals surface area contributed by atoms with Crippen LogP contribution in [0.5, 0.6) is 0 Å². The third-order valence-electron chi connectivity index (χ3n) is 7.14. The van der Waals surface area contributed by atoms with E-state index in [1.165, 1.54) is 16.8 Å². The summed E-state index contributed by atoms with van der Waals surface area (Å²) in [5.74, 6) is -0.103. The SMILES string of the molecule is CCCOC(=O)C(C)(CCCN1CCN(c2cccc(-c3ccccc3)c2)CC1)c1ccccc1. The van der Waals surface area contributed by atoms with Gasteiger partial charge in [0, 0.05) is 31.9 Å². The Kier molecular flexibility index (Phi) is 8.59. The Morgan fingerprint density at radius 1 is 0.857 bits per heavy atom. The number of esters is 1. The van der Waals surface area contributed by atoms with Crippen molar-refractivity contribution in [1.29, 1.82) is 0 Å². The predicted octanol–water partition coefficient (Wildman–Crippen LogP) is 6.17. The normalized spacial score (nSPS) is 16.0. The van der Waals surface area contributed by atoms with Gasteiger partial charge in [-0.15, -0.1) is 0 Å². The van der Waals surface area contributed by atoms with Crippen LogP contribution in [0.4, 0.5) is 5.69 Å². The van der Waals surface area contributed by atoms with Crippen LogP contribution >= 0.6 is 0 Å². The molecule has 1 atom stereocenters. The number of hydrogen-bond donors (Lipinski definition) is 0. The van der Waals surface area contributed by atoms with Crippen LogP contribution in [0, 0.1) is 0 Å². The van der Waals surface area contributed by atoms with Gasteiger partial charge in [-0.2, -0.15) is 0 Å². The highest BCUT2D eigenvalue weighted by molar-refractivity contribution is 5.82. The van der Waals surface area contributed by atoms with Crippen LogP contribution in [-0.2, 0) is 14.9 Å². The minimum atomic E-state index is -0.601. The third-order valence-corrected chi connectivity index (χ3v) is 7.14. The smallest absolute Gasteiger partial charge is 0.316 e. The fourth-order valence-electron chi connectivity index (χ4n) is 4.92. The van der Waals surface area contributed by atoms with Crippen molar-refractivity contribution in [3.63, 3.8) is 0 Å². The minimum Gasteiger partial charge on any atom is -0.465 e. The average molecular weight is 471 g/mol. The first-order valence-corrected chi connectivity index (χ1v) is 13.0. The first kappa shape index (κ1) is 25.0. The van der Waals surface area contributed by atoms with E-state index in [1.54, 1.807) is 0 Å². The second kappa shape index (κ2) is 12.0. The molecule has 0 aromatic heterocycles. The van der Waals surface area contributed by atoms with Crippen molar-refractivity contribution in [1.82, 2.24) is 4.90 Å². The Balaban J connectivity index is 1.31. The number of carbonyl (C=O) groups is 1. The van der Waals surface area contributed by atoms with E-state index in [4.69, 9.17) is 4.74 Å². The molecule has 1 aliphatic heterocycles. The van der Waals surface area contributed by atoms with Gasteiger partial charge in [-0.25, -0.2) is 0 Å². The fourth-order valence-corrected chi connectivity index (χ4v) is 4.92. The van der Waals surface area contributed by atoms with Crippen molar-refractivity contribution in [2.24, 2.45) is 0 Å². The Bertz CT molecular complexity index is 1060. The topological polar surface area (TPSA) is 32.8 Å². The molecule has 0 bridgehead atoms. The number of hydrogen-bond acceptors (Lipinski definition) is 4. The van der Waals surface area contributed by atoms with E-state index < -0.39 is 5.41 Å². The lowest BCUT2D eigenvalue weighted by Gasteiger charge is -2.37. The summed E-state index contributed by atoms with van der Waals surface area (Å²) >= 11 is 0. The predicted molar refractivity (Wildman–Crippen MR) is 145 cm³/mol. The number of nitrogens with zero attached hydrogens (tertiary/aromatic N) is 2. The monoisotopic (exact) mass is 470 g/mol. The number of rotatable bonds is 10. The summed E-state index contributed by atoms with van der Waals surface area (Å²) in [6, 6.07) is 29.5. The van der Waals surface area contributed by atoms with Crippen molar-refractivity contribution in [2.75, 3.05) is 44.2 Å². The van der Waals surface area contributed by atoms with Crippen molar-refractivity contribution < 1.29 is 9.53 Å². The Labute approximate surface area is 210 Å². The summed E-state index contributed by atoms with van der Waals surface area (Å²) in [5, 5.41) is 0. The maximum Gasteiger partial charge on any atom is 0.316 e. The number of ether oxygens (including phenoxy) is 1. The summed E-state index contributed by atoms with van der Waals surface area (Å²) in [6.45, 7) is 9.67. The van der Waals surface area contributed by atoms with Crippen LogP contribution in [0.2, 0.25) is 0 Å². The second-order valence-electron chi connectivity index (χ2n) is 9.68. The van der Waals surface area contributed by atoms with E-state index in [-0.39, 0.29) is 5.97 Å². The molecule has 184 valence electrons. The average Bonchev–Trinajstić information content (AvgIpc) is 2.93. The van der Waals surface area contributed by atoms with E-state index in [1.807, 2.05) is 32.0 Å². The molecule has 4 rings (SSSR count). The molecule has 0 N–H and O–H groups in total. The molecule has 1 aliphatic rings. The lowest BCUT2D eigenvalue weighted by Crippen LogP contribution is -2.47. The fraction of sp³-hybridized carbons (Fsp3) is 0.387. The molecule has 0 radical (unpaired) electrons. The maximum atomic E-state index is 13.0. The van der Waals surface area contributed by atoms with E-state index in [9.17, 15) is 4.79 Å². The van der Waals surface area contributed by atoms with Crippen LogP contribution in [0.15, 0.2) is 84.9 Å². The molecule has 0 aliphatic carbocycles. The van der Waals surface area contributed by atoms with Crippen LogP contribution in [0.25, 0.3) is 11.1 Å².